The topological polar surface area (TPSA) is 124 Å². The molecule has 0 spiro atoms. The number of nitrogen functional groups attached to an aromatic ring is 1. The third-order valence-corrected chi connectivity index (χ3v) is 2.60. The van der Waals surface area contributed by atoms with Crippen LogP contribution in [0.15, 0.2) is 30.6 Å². The van der Waals surface area contributed by atoms with E-state index in [2.05, 4.69) is 15.3 Å². The zero-order chi connectivity index (χ0) is 14.7. The van der Waals surface area contributed by atoms with E-state index in [4.69, 9.17) is 5.73 Å². The largest absolute Gasteiger partial charge is 0.384 e. The Morgan fingerprint density at radius 2 is 2.20 bits per heavy atom. The lowest BCUT2D eigenvalue weighted by Gasteiger charge is -2.07. The second-order valence-corrected chi connectivity index (χ2v) is 3.97. The lowest BCUT2D eigenvalue weighted by Crippen LogP contribution is -2.15. The predicted octanol–water partition coefficient (Wildman–Crippen LogP) is 1.53. The van der Waals surface area contributed by atoms with Crippen LogP contribution in [0.25, 0.3) is 0 Å². The lowest BCUT2D eigenvalue weighted by molar-refractivity contribution is -0.385. The van der Waals surface area contributed by atoms with Crippen molar-refractivity contribution in [3.8, 4) is 0 Å². The molecule has 0 aromatic carbocycles. The number of nitrogens with zero attached hydrogens (tertiary/aromatic N) is 3. The van der Waals surface area contributed by atoms with Crippen molar-refractivity contribution < 1.29 is 9.72 Å². The molecule has 2 aromatic heterocycles. The number of amides is 1. The number of nitrogens with one attached hydrogen (secondary N) is 1. The standard InChI is InChI=1S/C12H11N5O3/c1-7-9(3-2-4-14-7)16-12(18)8-5-11(13)15-6-10(8)17(19)20/h2-6H,1H3,(H2,13,15)(H,16,18). The van der Waals surface area contributed by atoms with Gasteiger partial charge in [-0.2, -0.15) is 0 Å². The minimum atomic E-state index is -0.683. The van der Waals surface area contributed by atoms with Crippen LogP contribution >= 0.6 is 0 Å². The van der Waals surface area contributed by atoms with Gasteiger partial charge in [0.2, 0.25) is 0 Å². The molecule has 0 atom stereocenters. The van der Waals surface area contributed by atoms with Gasteiger partial charge in [-0.15, -0.1) is 0 Å². The fourth-order valence-corrected chi connectivity index (χ4v) is 1.60. The molecule has 3 N–H and O–H groups in total. The van der Waals surface area contributed by atoms with Crippen LogP contribution in [-0.4, -0.2) is 20.8 Å². The monoisotopic (exact) mass is 273 g/mol. The second-order valence-electron chi connectivity index (χ2n) is 3.97. The summed E-state index contributed by atoms with van der Waals surface area (Å²) >= 11 is 0. The molecule has 2 heterocycles. The molecule has 0 aliphatic heterocycles. The van der Waals surface area contributed by atoms with Crippen molar-refractivity contribution in [2.75, 3.05) is 11.1 Å². The molecule has 2 rings (SSSR count). The van der Waals surface area contributed by atoms with E-state index in [9.17, 15) is 14.9 Å². The van der Waals surface area contributed by atoms with Crippen molar-refractivity contribution >= 4 is 23.1 Å². The summed E-state index contributed by atoms with van der Waals surface area (Å²) in [5.41, 5.74) is 5.99. The first-order valence-electron chi connectivity index (χ1n) is 5.62. The van der Waals surface area contributed by atoms with Crippen molar-refractivity contribution in [3.63, 3.8) is 0 Å². The molecule has 8 nitrogen and oxygen atoms in total. The fraction of sp³-hybridized carbons (Fsp3) is 0.0833. The molecule has 1 amide bonds. The first-order chi connectivity index (χ1) is 9.49. The van der Waals surface area contributed by atoms with Gasteiger partial charge in [0.05, 0.1) is 16.3 Å². The number of aromatic nitrogens is 2. The lowest BCUT2D eigenvalue weighted by atomic mass is 10.2. The minimum absolute atomic E-state index is 0.0312. The van der Waals surface area contributed by atoms with Gasteiger partial charge in [0.15, 0.2) is 0 Å². The van der Waals surface area contributed by atoms with Crippen LogP contribution in [0.4, 0.5) is 17.2 Å². The molecule has 2 aromatic rings. The summed E-state index contributed by atoms with van der Waals surface area (Å²) in [5.74, 6) is -0.606. The molecule has 102 valence electrons. The Labute approximate surface area is 113 Å². The Kier molecular flexibility index (Phi) is 3.56. The van der Waals surface area contributed by atoms with Gasteiger partial charge in [0, 0.05) is 6.20 Å². The zero-order valence-electron chi connectivity index (χ0n) is 10.5. The van der Waals surface area contributed by atoms with E-state index in [-0.39, 0.29) is 11.4 Å². The number of aryl methyl sites for hydroxylation is 1. The van der Waals surface area contributed by atoms with Gasteiger partial charge in [-0.25, -0.2) is 4.98 Å². The maximum Gasteiger partial charge on any atom is 0.300 e. The second kappa shape index (κ2) is 5.31. The third kappa shape index (κ3) is 2.69. The molecule has 0 saturated carbocycles. The maximum atomic E-state index is 12.1. The SMILES string of the molecule is Cc1ncccc1NC(=O)c1cc(N)ncc1[N+](=O)[O-]. The summed E-state index contributed by atoms with van der Waals surface area (Å²) in [6.45, 7) is 1.71. The first kappa shape index (κ1) is 13.4. The summed E-state index contributed by atoms with van der Waals surface area (Å²) in [4.78, 5) is 30.0. The summed E-state index contributed by atoms with van der Waals surface area (Å²) < 4.78 is 0. The molecule has 8 heteroatoms. The Hall–Kier alpha value is -3.03. The quantitative estimate of drug-likeness (QED) is 0.645. The Morgan fingerprint density at radius 3 is 2.85 bits per heavy atom. The third-order valence-electron chi connectivity index (χ3n) is 2.60. The molecule has 0 saturated heterocycles. The van der Waals surface area contributed by atoms with E-state index < -0.39 is 16.5 Å². The van der Waals surface area contributed by atoms with Gasteiger partial charge in [-0.3, -0.25) is 19.9 Å². The minimum Gasteiger partial charge on any atom is -0.384 e. The average molecular weight is 273 g/mol. The smallest absolute Gasteiger partial charge is 0.300 e. The van der Waals surface area contributed by atoms with E-state index in [1.807, 2.05) is 0 Å². The van der Waals surface area contributed by atoms with Gasteiger partial charge in [-0.05, 0) is 25.1 Å². The van der Waals surface area contributed by atoms with Crippen LogP contribution in [-0.2, 0) is 0 Å². The number of carbonyl (C=O) groups excluding carboxylic acids is 1. The van der Waals surface area contributed by atoms with Crippen LogP contribution in [0, 0.1) is 17.0 Å². The maximum absolute atomic E-state index is 12.1. The van der Waals surface area contributed by atoms with Crippen LogP contribution in [0.3, 0.4) is 0 Å². The molecule has 0 aliphatic rings. The van der Waals surface area contributed by atoms with Crippen LogP contribution in [0.1, 0.15) is 16.1 Å². The Bertz CT molecular complexity index is 687. The van der Waals surface area contributed by atoms with Crippen molar-refractivity contribution in [1.82, 2.24) is 9.97 Å². The number of nitrogens with two attached hydrogens (primary N) is 1. The number of pyridine rings is 2. The van der Waals surface area contributed by atoms with Crippen LogP contribution in [0.5, 0.6) is 0 Å². The number of carbonyl (C=O) groups is 1. The Morgan fingerprint density at radius 1 is 1.45 bits per heavy atom. The molecule has 0 radical (unpaired) electrons. The van der Waals surface area contributed by atoms with Crippen molar-refractivity contribution in [1.29, 1.82) is 0 Å². The number of hydrogen-bond donors (Lipinski definition) is 2. The normalized spacial score (nSPS) is 10.1. The first-order valence-corrected chi connectivity index (χ1v) is 5.62. The highest BCUT2D eigenvalue weighted by Crippen LogP contribution is 2.21. The highest BCUT2D eigenvalue weighted by molar-refractivity contribution is 6.07. The summed E-state index contributed by atoms with van der Waals surface area (Å²) in [6, 6.07) is 4.47. The summed E-state index contributed by atoms with van der Waals surface area (Å²) in [6.07, 6.45) is 2.54. The Balaban J connectivity index is 2.37. The molecular formula is C12H11N5O3. The molecule has 0 unspecified atom stereocenters. The zero-order valence-corrected chi connectivity index (χ0v) is 10.5. The highest BCUT2D eigenvalue weighted by atomic mass is 16.6. The number of anilines is 2. The van der Waals surface area contributed by atoms with Crippen molar-refractivity contribution in [2.24, 2.45) is 0 Å². The van der Waals surface area contributed by atoms with Gasteiger partial charge in [-0.1, -0.05) is 0 Å². The average Bonchev–Trinajstić information content (AvgIpc) is 2.40. The number of rotatable bonds is 3. The molecule has 0 fully saturated rings. The van der Waals surface area contributed by atoms with Gasteiger partial charge in [0.1, 0.15) is 17.6 Å². The number of hydrogen-bond acceptors (Lipinski definition) is 6. The predicted molar refractivity (Wildman–Crippen MR) is 72.2 cm³/mol. The highest BCUT2D eigenvalue weighted by Gasteiger charge is 2.21. The van der Waals surface area contributed by atoms with E-state index in [1.54, 1.807) is 25.3 Å². The van der Waals surface area contributed by atoms with Crippen molar-refractivity contribution in [3.05, 3.63) is 52.0 Å². The van der Waals surface area contributed by atoms with Gasteiger partial charge < -0.3 is 11.1 Å². The van der Waals surface area contributed by atoms with E-state index in [0.717, 1.165) is 6.20 Å². The van der Waals surface area contributed by atoms with Crippen molar-refractivity contribution in [2.45, 2.75) is 6.92 Å². The number of nitro groups is 1. The van der Waals surface area contributed by atoms with E-state index >= 15 is 0 Å². The van der Waals surface area contributed by atoms with E-state index in [0.29, 0.717) is 11.4 Å². The van der Waals surface area contributed by atoms with Crippen LogP contribution in [0.2, 0.25) is 0 Å². The van der Waals surface area contributed by atoms with Gasteiger partial charge in [0.25, 0.3) is 11.6 Å². The fourth-order valence-electron chi connectivity index (χ4n) is 1.60. The molecular weight excluding hydrogens is 262 g/mol. The van der Waals surface area contributed by atoms with Gasteiger partial charge >= 0.3 is 0 Å². The van der Waals surface area contributed by atoms with E-state index in [1.165, 1.54) is 6.07 Å². The molecule has 20 heavy (non-hydrogen) atoms. The molecule has 0 aliphatic carbocycles. The molecule has 0 bridgehead atoms. The summed E-state index contributed by atoms with van der Waals surface area (Å²) in [7, 11) is 0. The summed E-state index contributed by atoms with van der Waals surface area (Å²) in [5, 5.41) is 13.4. The van der Waals surface area contributed by atoms with Crippen LogP contribution < -0.4 is 11.1 Å².